The second-order valence-electron chi connectivity index (χ2n) is 2.23. The number of ether oxygens (including phenoxy) is 1. The molecule has 13 heavy (non-hydrogen) atoms. The van der Waals surface area contributed by atoms with Crippen molar-refractivity contribution in [2.24, 2.45) is 0 Å². The lowest BCUT2D eigenvalue weighted by Crippen LogP contribution is -2.21. The van der Waals surface area contributed by atoms with E-state index in [1.54, 1.807) is 12.1 Å². The van der Waals surface area contributed by atoms with Gasteiger partial charge in [-0.05, 0) is 18.2 Å². The minimum Gasteiger partial charge on any atom is -0.476 e. The number of hydrogen-bond acceptors (Lipinski definition) is 2. The smallest absolute Gasteiger partial charge is 0.378 e. The first-order valence-corrected chi connectivity index (χ1v) is 4.18. The van der Waals surface area contributed by atoms with E-state index in [1.807, 2.05) is 0 Å². The Morgan fingerprint density at radius 3 is 2.85 bits per heavy atom. The maximum absolute atomic E-state index is 12.5. The van der Waals surface area contributed by atoms with Gasteiger partial charge in [0.1, 0.15) is 5.75 Å². The molecule has 0 bridgehead atoms. The van der Waals surface area contributed by atoms with Gasteiger partial charge in [0.25, 0.3) is 0 Å². The third-order valence-electron chi connectivity index (χ3n) is 1.23. The predicted octanol–water partition coefficient (Wildman–Crippen LogP) is 2.21. The number of alkyl halides is 1. The van der Waals surface area contributed by atoms with E-state index in [4.69, 9.17) is 5.11 Å². The monoisotopic (exact) mass is 248 g/mol. The summed E-state index contributed by atoms with van der Waals surface area (Å²) in [5.41, 5.74) is 0. The topological polar surface area (TPSA) is 46.5 Å². The average Bonchev–Trinajstić information content (AvgIpc) is 2.04. The molecule has 1 aromatic carbocycles. The quantitative estimate of drug-likeness (QED) is 0.893. The van der Waals surface area contributed by atoms with Crippen LogP contribution >= 0.6 is 15.9 Å². The number of aliphatic carboxylic acids is 1. The van der Waals surface area contributed by atoms with Crippen molar-refractivity contribution in [2.45, 2.75) is 6.36 Å². The van der Waals surface area contributed by atoms with Gasteiger partial charge in [-0.1, -0.05) is 22.0 Å². The van der Waals surface area contributed by atoms with Gasteiger partial charge in [0.2, 0.25) is 0 Å². The van der Waals surface area contributed by atoms with Gasteiger partial charge in [0.15, 0.2) is 0 Å². The van der Waals surface area contributed by atoms with Crippen LogP contribution in [0.15, 0.2) is 28.7 Å². The van der Waals surface area contributed by atoms with E-state index in [-0.39, 0.29) is 5.75 Å². The van der Waals surface area contributed by atoms with E-state index in [0.717, 1.165) is 0 Å². The highest BCUT2D eigenvalue weighted by molar-refractivity contribution is 9.10. The normalized spacial score (nSPS) is 12.2. The largest absolute Gasteiger partial charge is 0.476 e. The fourth-order valence-electron chi connectivity index (χ4n) is 0.710. The Labute approximate surface area is 82.3 Å². The molecule has 3 nitrogen and oxygen atoms in total. The van der Waals surface area contributed by atoms with Gasteiger partial charge in [-0.15, -0.1) is 0 Å². The Bertz CT molecular complexity index is 316. The summed E-state index contributed by atoms with van der Waals surface area (Å²) in [5, 5.41) is 8.20. The minimum atomic E-state index is -2.32. The van der Waals surface area contributed by atoms with E-state index in [1.165, 1.54) is 12.1 Å². The first-order valence-electron chi connectivity index (χ1n) is 3.38. The molecule has 0 aromatic heterocycles. The Morgan fingerprint density at radius 2 is 2.31 bits per heavy atom. The van der Waals surface area contributed by atoms with Gasteiger partial charge in [-0.3, -0.25) is 0 Å². The average molecular weight is 249 g/mol. The highest BCUT2D eigenvalue weighted by Crippen LogP contribution is 2.19. The summed E-state index contributed by atoms with van der Waals surface area (Å²) in [7, 11) is 0. The summed E-state index contributed by atoms with van der Waals surface area (Å²) in [6.07, 6.45) is -2.32. The van der Waals surface area contributed by atoms with Gasteiger partial charge < -0.3 is 9.84 Å². The van der Waals surface area contributed by atoms with Gasteiger partial charge in [-0.25, -0.2) is 4.79 Å². The van der Waals surface area contributed by atoms with E-state index >= 15 is 0 Å². The molecule has 0 saturated heterocycles. The molecule has 0 unspecified atom stereocenters. The molecule has 0 aliphatic carbocycles. The molecule has 1 atom stereocenters. The van der Waals surface area contributed by atoms with Crippen molar-refractivity contribution in [1.29, 1.82) is 0 Å². The number of carbonyl (C=O) groups is 1. The molecular formula is C8H6BrFO3. The minimum absolute atomic E-state index is 0.171. The first-order chi connectivity index (χ1) is 6.09. The lowest BCUT2D eigenvalue weighted by Gasteiger charge is -2.06. The molecule has 1 rings (SSSR count). The Balaban J connectivity index is 2.69. The molecule has 1 N–H and O–H groups in total. The zero-order valence-electron chi connectivity index (χ0n) is 6.41. The maximum atomic E-state index is 12.5. The number of halogens is 2. The van der Waals surface area contributed by atoms with Crippen LogP contribution in [-0.4, -0.2) is 17.4 Å². The predicted molar refractivity (Wildman–Crippen MR) is 47.3 cm³/mol. The van der Waals surface area contributed by atoms with Gasteiger partial charge >= 0.3 is 12.3 Å². The summed E-state index contributed by atoms with van der Waals surface area (Å²) in [6.45, 7) is 0. The molecule has 0 heterocycles. The van der Waals surface area contributed by atoms with Crippen molar-refractivity contribution in [3.05, 3.63) is 28.7 Å². The SMILES string of the molecule is O=C(O)[C@H](F)Oc1cccc(Br)c1. The molecule has 0 saturated carbocycles. The molecule has 0 aliphatic rings. The summed E-state index contributed by atoms with van der Waals surface area (Å²) in [4.78, 5) is 10.1. The summed E-state index contributed by atoms with van der Waals surface area (Å²) in [5.74, 6) is -1.47. The van der Waals surface area contributed by atoms with E-state index in [2.05, 4.69) is 20.7 Å². The van der Waals surface area contributed by atoms with Crippen molar-refractivity contribution >= 4 is 21.9 Å². The van der Waals surface area contributed by atoms with Crippen LogP contribution < -0.4 is 4.74 Å². The Hall–Kier alpha value is -1.10. The number of rotatable bonds is 3. The van der Waals surface area contributed by atoms with Crippen molar-refractivity contribution in [2.75, 3.05) is 0 Å². The molecule has 0 amide bonds. The van der Waals surface area contributed by atoms with Crippen LogP contribution in [-0.2, 0) is 4.79 Å². The van der Waals surface area contributed by atoms with Crippen molar-refractivity contribution in [3.63, 3.8) is 0 Å². The summed E-state index contributed by atoms with van der Waals surface area (Å²) >= 11 is 3.14. The van der Waals surface area contributed by atoms with Gasteiger partial charge in [0.05, 0.1) is 0 Å². The standard InChI is InChI=1S/C8H6BrFO3/c9-5-2-1-3-6(4-5)13-7(10)8(11)12/h1-4,7H,(H,11,12)/t7-/m1/s1. The summed E-state index contributed by atoms with van der Waals surface area (Å²) < 4.78 is 17.7. The number of hydrogen-bond donors (Lipinski definition) is 1. The molecule has 5 heteroatoms. The van der Waals surface area contributed by atoms with Crippen LogP contribution in [0.2, 0.25) is 0 Å². The zero-order valence-corrected chi connectivity index (χ0v) is 7.99. The zero-order chi connectivity index (χ0) is 9.84. The van der Waals surface area contributed by atoms with E-state index < -0.39 is 12.3 Å². The molecule has 70 valence electrons. The van der Waals surface area contributed by atoms with Crippen LogP contribution in [0.1, 0.15) is 0 Å². The van der Waals surface area contributed by atoms with Crippen molar-refractivity contribution in [3.8, 4) is 5.75 Å². The Morgan fingerprint density at radius 1 is 1.62 bits per heavy atom. The van der Waals surface area contributed by atoms with Crippen LogP contribution in [0, 0.1) is 0 Å². The highest BCUT2D eigenvalue weighted by Gasteiger charge is 2.16. The molecule has 0 aliphatic heterocycles. The third kappa shape index (κ3) is 3.02. The second-order valence-corrected chi connectivity index (χ2v) is 3.15. The van der Waals surface area contributed by atoms with E-state index in [0.29, 0.717) is 4.47 Å². The fourth-order valence-corrected chi connectivity index (χ4v) is 1.09. The second kappa shape index (κ2) is 4.23. The van der Waals surface area contributed by atoms with Crippen LogP contribution in [0.25, 0.3) is 0 Å². The molecule has 1 aromatic rings. The lowest BCUT2D eigenvalue weighted by molar-refractivity contribution is -0.153. The lowest BCUT2D eigenvalue weighted by atomic mass is 10.3. The van der Waals surface area contributed by atoms with Crippen molar-refractivity contribution < 1.29 is 19.0 Å². The molecule has 0 spiro atoms. The highest BCUT2D eigenvalue weighted by atomic mass is 79.9. The summed E-state index contributed by atoms with van der Waals surface area (Å²) in [6, 6.07) is 6.30. The number of benzene rings is 1. The molecule has 0 fully saturated rings. The maximum Gasteiger partial charge on any atom is 0.378 e. The molecule has 0 radical (unpaired) electrons. The van der Waals surface area contributed by atoms with Crippen molar-refractivity contribution in [1.82, 2.24) is 0 Å². The molecular weight excluding hydrogens is 243 g/mol. The van der Waals surface area contributed by atoms with Crippen LogP contribution in [0.4, 0.5) is 4.39 Å². The van der Waals surface area contributed by atoms with Gasteiger partial charge in [-0.2, -0.15) is 4.39 Å². The van der Waals surface area contributed by atoms with E-state index in [9.17, 15) is 9.18 Å². The Kier molecular flexibility index (Phi) is 3.25. The number of carboxylic acid groups (broad SMARTS) is 1. The first kappa shape index (κ1) is 9.98. The van der Waals surface area contributed by atoms with Crippen LogP contribution in [0.5, 0.6) is 5.75 Å². The van der Waals surface area contributed by atoms with Gasteiger partial charge in [0, 0.05) is 4.47 Å². The number of carboxylic acids is 1. The fraction of sp³-hybridized carbons (Fsp3) is 0.125. The van der Waals surface area contributed by atoms with Crippen LogP contribution in [0.3, 0.4) is 0 Å². The third-order valence-corrected chi connectivity index (χ3v) is 1.72.